The SMILES string of the molecule is CCCC(C)(CN)CN(C)C1CCC(CC)CC1. The van der Waals surface area contributed by atoms with Gasteiger partial charge in [0, 0.05) is 12.6 Å². The predicted molar refractivity (Wildman–Crippen MR) is 80.7 cm³/mol. The second-order valence-corrected chi connectivity index (χ2v) is 6.76. The molecule has 2 nitrogen and oxygen atoms in total. The fourth-order valence-corrected chi connectivity index (χ4v) is 3.57. The van der Waals surface area contributed by atoms with Crippen LogP contribution in [0.3, 0.4) is 0 Å². The summed E-state index contributed by atoms with van der Waals surface area (Å²) in [5.74, 6) is 0.992. The first kappa shape index (κ1) is 16.0. The van der Waals surface area contributed by atoms with Crippen LogP contribution in [0, 0.1) is 11.3 Å². The van der Waals surface area contributed by atoms with Crippen molar-refractivity contribution in [2.24, 2.45) is 17.1 Å². The molecule has 0 radical (unpaired) electrons. The molecule has 0 aromatic carbocycles. The van der Waals surface area contributed by atoms with Gasteiger partial charge in [0.1, 0.15) is 0 Å². The molecule has 2 heteroatoms. The van der Waals surface area contributed by atoms with Gasteiger partial charge in [0.25, 0.3) is 0 Å². The van der Waals surface area contributed by atoms with E-state index in [1.165, 1.54) is 51.5 Å². The molecule has 2 N–H and O–H groups in total. The van der Waals surface area contributed by atoms with Crippen molar-refractivity contribution < 1.29 is 0 Å². The fraction of sp³-hybridized carbons (Fsp3) is 1.00. The Kier molecular flexibility index (Phi) is 6.65. The monoisotopic (exact) mass is 254 g/mol. The summed E-state index contributed by atoms with van der Waals surface area (Å²) in [5.41, 5.74) is 6.30. The third kappa shape index (κ3) is 4.55. The molecule has 18 heavy (non-hydrogen) atoms. The van der Waals surface area contributed by atoms with E-state index in [1.54, 1.807) is 0 Å². The highest BCUT2D eigenvalue weighted by Gasteiger charge is 2.28. The van der Waals surface area contributed by atoms with Gasteiger partial charge in [-0.05, 0) is 57.0 Å². The van der Waals surface area contributed by atoms with Crippen molar-refractivity contribution >= 4 is 0 Å². The lowest BCUT2D eigenvalue weighted by molar-refractivity contribution is 0.107. The van der Waals surface area contributed by atoms with Gasteiger partial charge in [-0.3, -0.25) is 0 Å². The Hall–Kier alpha value is -0.0800. The Bertz CT molecular complexity index is 221. The van der Waals surface area contributed by atoms with Crippen molar-refractivity contribution in [3.63, 3.8) is 0 Å². The zero-order valence-electron chi connectivity index (χ0n) is 13.0. The summed E-state index contributed by atoms with van der Waals surface area (Å²) >= 11 is 0. The van der Waals surface area contributed by atoms with Crippen LogP contribution in [0.4, 0.5) is 0 Å². The zero-order valence-corrected chi connectivity index (χ0v) is 13.0. The topological polar surface area (TPSA) is 29.3 Å². The maximum atomic E-state index is 5.99. The van der Waals surface area contributed by atoms with Gasteiger partial charge in [-0.1, -0.05) is 33.6 Å². The summed E-state index contributed by atoms with van der Waals surface area (Å²) < 4.78 is 0. The van der Waals surface area contributed by atoms with E-state index in [0.717, 1.165) is 18.5 Å². The molecule has 108 valence electrons. The van der Waals surface area contributed by atoms with Gasteiger partial charge in [-0.25, -0.2) is 0 Å². The number of nitrogens with zero attached hydrogens (tertiary/aromatic N) is 1. The van der Waals surface area contributed by atoms with Crippen LogP contribution in [-0.2, 0) is 0 Å². The summed E-state index contributed by atoms with van der Waals surface area (Å²) in [5, 5.41) is 0. The smallest absolute Gasteiger partial charge is 0.00926 e. The first-order valence-electron chi connectivity index (χ1n) is 7.95. The number of hydrogen-bond donors (Lipinski definition) is 1. The molecule has 0 heterocycles. The molecule has 0 spiro atoms. The van der Waals surface area contributed by atoms with Crippen LogP contribution in [-0.4, -0.2) is 31.1 Å². The Labute approximate surface area is 114 Å². The zero-order chi connectivity index (χ0) is 13.6. The van der Waals surface area contributed by atoms with Crippen LogP contribution in [0.25, 0.3) is 0 Å². The van der Waals surface area contributed by atoms with E-state index in [2.05, 4.69) is 32.7 Å². The number of hydrogen-bond acceptors (Lipinski definition) is 2. The van der Waals surface area contributed by atoms with Crippen molar-refractivity contribution in [1.29, 1.82) is 0 Å². The minimum atomic E-state index is 0.311. The normalized spacial score (nSPS) is 28.3. The van der Waals surface area contributed by atoms with Gasteiger partial charge in [-0.2, -0.15) is 0 Å². The standard InChI is InChI=1S/C16H34N2/c1-5-11-16(3,12-17)13-18(4)15-9-7-14(6-2)8-10-15/h14-15H,5-13,17H2,1-4H3. The molecule has 1 saturated carbocycles. The van der Waals surface area contributed by atoms with Gasteiger partial charge in [0.15, 0.2) is 0 Å². The van der Waals surface area contributed by atoms with Crippen molar-refractivity contribution in [3.05, 3.63) is 0 Å². The molecular formula is C16H34N2. The summed E-state index contributed by atoms with van der Waals surface area (Å²) in [4.78, 5) is 2.59. The van der Waals surface area contributed by atoms with Crippen molar-refractivity contribution in [2.75, 3.05) is 20.1 Å². The molecule has 1 fully saturated rings. The highest BCUT2D eigenvalue weighted by molar-refractivity contribution is 4.83. The Morgan fingerprint density at radius 3 is 2.22 bits per heavy atom. The summed E-state index contributed by atoms with van der Waals surface area (Å²) in [6.07, 6.45) is 9.50. The third-order valence-electron chi connectivity index (χ3n) is 4.99. The van der Waals surface area contributed by atoms with Gasteiger partial charge in [-0.15, -0.1) is 0 Å². The van der Waals surface area contributed by atoms with E-state index in [-0.39, 0.29) is 0 Å². The van der Waals surface area contributed by atoms with Crippen LogP contribution >= 0.6 is 0 Å². The molecule has 0 aliphatic heterocycles. The third-order valence-corrected chi connectivity index (χ3v) is 4.99. The molecule has 0 saturated heterocycles. The second kappa shape index (κ2) is 7.49. The predicted octanol–water partition coefficient (Wildman–Crippen LogP) is 3.65. The minimum absolute atomic E-state index is 0.311. The Balaban J connectivity index is 2.42. The van der Waals surface area contributed by atoms with Gasteiger partial charge in [0.2, 0.25) is 0 Å². The van der Waals surface area contributed by atoms with Gasteiger partial charge >= 0.3 is 0 Å². The number of rotatable bonds is 7. The maximum absolute atomic E-state index is 5.99. The number of nitrogens with two attached hydrogens (primary N) is 1. The average molecular weight is 254 g/mol. The van der Waals surface area contributed by atoms with E-state index in [9.17, 15) is 0 Å². The van der Waals surface area contributed by atoms with Crippen LogP contribution in [0.1, 0.15) is 65.7 Å². The summed E-state index contributed by atoms with van der Waals surface area (Å²) in [7, 11) is 2.31. The molecule has 0 aromatic rings. The Morgan fingerprint density at radius 1 is 1.17 bits per heavy atom. The average Bonchev–Trinajstić information content (AvgIpc) is 2.39. The molecule has 1 aliphatic carbocycles. The molecule has 1 aliphatic rings. The van der Waals surface area contributed by atoms with E-state index in [4.69, 9.17) is 5.73 Å². The highest BCUT2D eigenvalue weighted by Crippen LogP contribution is 2.31. The summed E-state index contributed by atoms with van der Waals surface area (Å²) in [6, 6.07) is 0.801. The van der Waals surface area contributed by atoms with E-state index in [1.807, 2.05) is 0 Å². The van der Waals surface area contributed by atoms with Crippen LogP contribution in [0.15, 0.2) is 0 Å². The highest BCUT2D eigenvalue weighted by atomic mass is 15.1. The molecule has 1 unspecified atom stereocenters. The van der Waals surface area contributed by atoms with Crippen LogP contribution in [0.2, 0.25) is 0 Å². The lowest BCUT2D eigenvalue weighted by Gasteiger charge is -2.39. The minimum Gasteiger partial charge on any atom is -0.330 e. The van der Waals surface area contributed by atoms with E-state index in [0.29, 0.717) is 5.41 Å². The molecule has 0 aromatic heterocycles. The first-order valence-corrected chi connectivity index (χ1v) is 7.95. The molecule has 0 amide bonds. The summed E-state index contributed by atoms with van der Waals surface area (Å²) in [6.45, 7) is 8.93. The van der Waals surface area contributed by atoms with Gasteiger partial charge < -0.3 is 10.6 Å². The van der Waals surface area contributed by atoms with Crippen molar-refractivity contribution in [2.45, 2.75) is 71.8 Å². The molecule has 0 bridgehead atoms. The second-order valence-electron chi connectivity index (χ2n) is 6.76. The van der Waals surface area contributed by atoms with E-state index >= 15 is 0 Å². The molecule has 1 atom stereocenters. The van der Waals surface area contributed by atoms with Crippen LogP contribution in [0.5, 0.6) is 0 Å². The van der Waals surface area contributed by atoms with E-state index < -0.39 is 0 Å². The molecular weight excluding hydrogens is 220 g/mol. The lowest BCUT2D eigenvalue weighted by atomic mass is 9.81. The fourth-order valence-electron chi connectivity index (χ4n) is 3.57. The molecule has 1 rings (SSSR count). The maximum Gasteiger partial charge on any atom is 0.00926 e. The quantitative estimate of drug-likeness (QED) is 0.751. The van der Waals surface area contributed by atoms with Crippen molar-refractivity contribution in [3.8, 4) is 0 Å². The first-order chi connectivity index (χ1) is 8.54. The largest absolute Gasteiger partial charge is 0.330 e. The van der Waals surface area contributed by atoms with Gasteiger partial charge in [0.05, 0.1) is 0 Å². The lowest BCUT2D eigenvalue weighted by Crippen LogP contribution is -2.44. The van der Waals surface area contributed by atoms with Crippen molar-refractivity contribution in [1.82, 2.24) is 4.90 Å². The van der Waals surface area contributed by atoms with Crippen LogP contribution < -0.4 is 5.73 Å². The Morgan fingerprint density at radius 2 is 1.78 bits per heavy atom.